The maximum atomic E-state index is 13.0. The molecule has 0 radical (unpaired) electrons. The van der Waals surface area contributed by atoms with E-state index >= 15 is 0 Å². The van der Waals surface area contributed by atoms with Gasteiger partial charge in [0.2, 0.25) is 0 Å². The molecule has 46 heavy (non-hydrogen) atoms. The Bertz CT molecular complexity index is 1740. The highest BCUT2D eigenvalue weighted by Crippen LogP contribution is 2.53. The molecule has 2 N–H and O–H groups in total. The Balaban J connectivity index is 1.78. The van der Waals surface area contributed by atoms with E-state index in [2.05, 4.69) is 4.98 Å². The second kappa shape index (κ2) is 13.7. The summed E-state index contributed by atoms with van der Waals surface area (Å²) in [6.45, 7) is 2.42. The standard InChI is InChI=1S/C34H34N2O9S/c1-20(37)44-28-29(45-21(2)38)32(36-19-18-27(39)35-33(36)41)46-30(28)31(40)34(22-8-6-5-7-9-22,23-10-14-25(42-3)15-11-23)24-12-16-26(43-4)17-13-24/h5-19,28-32,40H,1-4H3,(H,35,39,41)/t28-,29+,30-,31?,32+/m0/s1. The van der Waals surface area contributed by atoms with E-state index in [1.165, 1.54) is 30.7 Å². The van der Waals surface area contributed by atoms with Crippen molar-refractivity contribution in [1.29, 1.82) is 0 Å². The summed E-state index contributed by atoms with van der Waals surface area (Å²) in [4.78, 5) is 52.1. The first-order valence-corrected chi connectivity index (χ1v) is 15.4. The number of aromatic amines is 1. The number of hydrogen-bond donors (Lipinski definition) is 2. The van der Waals surface area contributed by atoms with Crippen LogP contribution in [0.25, 0.3) is 0 Å². The number of rotatable bonds is 10. The number of nitrogens with zero attached hydrogens (tertiary/aromatic N) is 1. The minimum absolute atomic E-state index is 0.607. The van der Waals surface area contributed by atoms with Gasteiger partial charge >= 0.3 is 17.6 Å². The number of aromatic nitrogens is 2. The Labute approximate surface area is 269 Å². The number of esters is 2. The molecule has 3 aromatic carbocycles. The summed E-state index contributed by atoms with van der Waals surface area (Å²) in [5.41, 5.74) is -0.571. The van der Waals surface area contributed by atoms with E-state index in [1.54, 1.807) is 38.5 Å². The van der Waals surface area contributed by atoms with Crippen molar-refractivity contribution in [3.63, 3.8) is 0 Å². The van der Waals surface area contributed by atoms with Crippen molar-refractivity contribution in [1.82, 2.24) is 9.55 Å². The molecule has 1 aromatic heterocycles. The lowest BCUT2D eigenvalue weighted by molar-refractivity contribution is -0.167. The first-order valence-electron chi connectivity index (χ1n) is 14.4. The SMILES string of the molecule is COc1ccc(C(c2ccccc2)(c2ccc(OC)cc2)C(O)[C@H]2S[C@@H](n3ccc(=O)[nH]c3=O)[C@H](OC(C)=O)[C@@H]2OC(C)=O)cc1. The molecule has 0 saturated carbocycles. The van der Waals surface area contributed by atoms with E-state index in [-0.39, 0.29) is 0 Å². The third kappa shape index (κ3) is 6.18. The van der Waals surface area contributed by atoms with Crippen molar-refractivity contribution >= 4 is 23.7 Å². The molecule has 240 valence electrons. The molecule has 12 heteroatoms. The van der Waals surface area contributed by atoms with E-state index in [4.69, 9.17) is 18.9 Å². The van der Waals surface area contributed by atoms with Gasteiger partial charge < -0.3 is 24.1 Å². The molecule has 2 heterocycles. The van der Waals surface area contributed by atoms with Crippen LogP contribution in [0.4, 0.5) is 0 Å². The summed E-state index contributed by atoms with van der Waals surface area (Å²) in [5, 5.41) is 11.0. The van der Waals surface area contributed by atoms with Crippen LogP contribution < -0.4 is 20.7 Å². The van der Waals surface area contributed by atoms with Crippen LogP contribution in [-0.4, -0.2) is 64.4 Å². The summed E-state index contributed by atoms with van der Waals surface area (Å²) in [6, 6.07) is 25.1. The number of aliphatic hydroxyl groups is 1. The maximum absolute atomic E-state index is 13.0. The van der Waals surface area contributed by atoms with Crippen molar-refractivity contribution in [2.75, 3.05) is 14.2 Å². The van der Waals surface area contributed by atoms with E-state index in [1.807, 2.05) is 54.6 Å². The maximum Gasteiger partial charge on any atom is 0.329 e. The lowest BCUT2D eigenvalue weighted by Gasteiger charge is -2.43. The molecule has 1 aliphatic rings. The van der Waals surface area contributed by atoms with Gasteiger partial charge in [0.15, 0.2) is 12.2 Å². The van der Waals surface area contributed by atoms with Crippen molar-refractivity contribution in [2.24, 2.45) is 0 Å². The van der Waals surface area contributed by atoms with Crippen LogP contribution >= 0.6 is 11.8 Å². The molecule has 1 unspecified atom stereocenters. The Morgan fingerprint density at radius 3 is 1.76 bits per heavy atom. The number of H-pyrrole nitrogens is 1. The van der Waals surface area contributed by atoms with Crippen molar-refractivity contribution in [3.8, 4) is 11.5 Å². The summed E-state index contributed by atoms with van der Waals surface area (Å²) in [5.74, 6) is -0.139. The average molecular weight is 647 g/mol. The zero-order valence-corrected chi connectivity index (χ0v) is 26.4. The largest absolute Gasteiger partial charge is 0.497 e. The van der Waals surface area contributed by atoms with Gasteiger partial charge in [-0.15, -0.1) is 11.8 Å². The molecule has 11 nitrogen and oxygen atoms in total. The zero-order valence-electron chi connectivity index (χ0n) is 25.6. The second-order valence-electron chi connectivity index (χ2n) is 10.7. The number of methoxy groups -OCH3 is 2. The fourth-order valence-corrected chi connectivity index (χ4v) is 7.78. The Morgan fingerprint density at radius 2 is 1.28 bits per heavy atom. The molecule has 0 bridgehead atoms. The third-order valence-electron chi connectivity index (χ3n) is 8.03. The van der Waals surface area contributed by atoms with E-state index < -0.39 is 57.5 Å². The van der Waals surface area contributed by atoms with Gasteiger partial charge in [-0.1, -0.05) is 54.6 Å². The van der Waals surface area contributed by atoms with Gasteiger partial charge in [0.1, 0.15) is 16.9 Å². The molecular weight excluding hydrogens is 612 g/mol. The molecule has 1 fully saturated rings. The Morgan fingerprint density at radius 1 is 0.783 bits per heavy atom. The van der Waals surface area contributed by atoms with Crippen molar-refractivity contribution < 1.29 is 33.6 Å². The fraction of sp³-hybridized carbons (Fsp3) is 0.294. The topological polar surface area (TPSA) is 146 Å². The van der Waals surface area contributed by atoms with Crippen LogP contribution in [-0.2, 0) is 24.5 Å². The van der Waals surface area contributed by atoms with Gasteiger partial charge in [0, 0.05) is 26.1 Å². The van der Waals surface area contributed by atoms with Gasteiger partial charge in [-0.3, -0.25) is 23.9 Å². The van der Waals surface area contributed by atoms with E-state index in [9.17, 15) is 24.3 Å². The quantitative estimate of drug-likeness (QED) is 0.194. The normalized spacial score (nSPS) is 20.0. The number of nitrogens with one attached hydrogen (secondary N) is 1. The van der Waals surface area contributed by atoms with Gasteiger partial charge in [-0.05, 0) is 41.0 Å². The summed E-state index contributed by atoms with van der Waals surface area (Å²) < 4.78 is 23.6. The summed E-state index contributed by atoms with van der Waals surface area (Å²) >= 11 is 1.11. The number of benzene rings is 3. The number of ether oxygens (including phenoxy) is 4. The lowest BCUT2D eigenvalue weighted by Crippen LogP contribution is -2.52. The van der Waals surface area contributed by atoms with Crippen LogP contribution in [0.2, 0.25) is 0 Å². The molecular formula is C34H34N2O9S. The monoisotopic (exact) mass is 646 g/mol. The van der Waals surface area contributed by atoms with Gasteiger partial charge in [-0.25, -0.2) is 4.79 Å². The van der Waals surface area contributed by atoms with Crippen LogP contribution in [0.1, 0.15) is 35.9 Å². The average Bonchev–Trinajstić information content (AvgIpc) is 3.38. The van der Waals surface area contributed by atoms with Crippen LogP contribution in [0.3, 0.4) is 0 Å². The lowest BCUT2D eigenvalue weighted by atomic mass is 9.64. The molecule has 0 amide bonds. The highest BCUT2D eigenvalue weighted by Gasteiger charge is 2.58. The number of carbonyl (C=O) groups is 2. The van der Waals surface area contributed by atoms with Crippen LogP contribution in [0, 0.1) is 0 Å². The number of thioether (sulfide) groups is 1. The predicted octanol–water partition coefficient (Wildman–Crippen LogP) is 3.43. The number of hydrogen-bond acceptors (Lipinski definition) is 10. The predicted molar refractivity (Wildman–Crippen MR) is 171 cm³/mol. The van der Waals surface area contributed by atoms with Crippen LogP contribution in [0.5, 0.6) is 11.5 Å². The third-order valence-corrected chi connectivity index (χ3v) is 9.64. The number of aliphatic hydroxyl groups excluding tert-OH is 1. The Hall–Kier alpha value is -4.81. The van der Waals surface area contributed by atoms with Crippen molar-refractivity contribution in [3.05, 3.63) is 129 Å². The highest BCUT2D eigenvalue weighted by atomic mass is 32.2. The fourth-order valence-electron chi connectivity index (χ4n) is 6.08. The summed E-state index contributed by atoms with van der Waals surface area (Å²) in [7, 11) is 3.12. The second-order valence-corrected chi connectivity index (χ2v) is 12.0. The molecule has 0 spiro atoms. The first kappa shape index (κ1) is 32.6. The molecule has 1 aliphatic heterocycles. The van der Waals surface area contributed by atoms with Crippen molar-refractivity contribution in [2.45, 2.75) is 48.2 Å². The van der Waals surface area contributed by atoms with E-state index in [0.717, 1.165) is 11.8 Å². The number of carbonyl (C=O) groups excluding carboxylic acids is 2. The molecule has 5 atom stereocenters. The molecule has 0 aliphatic carbocycles. The van der Waals surface area contributed by atoms with Gasteiger partial charge in [-0.2, -0.15) is 0 Å². The minimum Gasteiger partial charge on any atom is -0.497 e. The Kier molecular flexibility index (Phi) is 9.68. The van der Waals surface area contributed by atoms with Gasteiger partial charge in [0.25, 0.3) is 5.56 Å². The van der Waals surface area contributed by atoms with Crippen LogP contribution in [0.15, 0.2) is 101 Å². The molecule has 5 rings (SSSR count). The zero-order chi connectivity index (χ0) is 33.0. The minimum atomic E-state index is -1.37. The first-order chi connectivity index (χ1) is 22.1. The molecule has 4 aromatic rings. The molecule has 1 saturated heterocycles. The smallest absolute Gasteiger partial charge is 0.329 e. The highest BCUT2D eigenvalue weighted by molar-refractivity contribution is 8.00. The summed E-state index contributed by atoms with van der Waals surface area (Å²) in [6.07, 6.45) is -2.49. The van der Waals surface area contributed by atoms with E-state index in [0.29, 0.717) is 28.2 Å². The van der Waals surface area contributed by atoms with Gasteiger partial charge in [0.05, 0.1) is 31.0 Å².